The van der Waals surface area contributed by atoms with E-state index in [9.17, 15) is 4.79 Å². The third-order valence-electron chi connectivity index (χ3n) is 3.52. The van der Waals surface area contributed by atoms with Crippen LogP contribution < -0.4 is 15.6 Å². The maximum atomic E-state index is 12.8. The lowest BCUT2D eigenvalue weighted by atomic mass is 10.2. The molecule has 1 fully saturated rings. The number of anilines is 1. The molecule has 0 spiro atoms. The summed E-state index contributed by atoms with van der Waals surface area (Å²) in [6, 6.07) is 0. The zero-order chi connectivity index (χ0) is 16.1. The van der Waals surface area contributed by atoms with Gasteiger partial charge in [0.15, 0.2) is 11.2 Å². The number of fused-ring (bicyclic) bond motifs is 1. The van der Waals surface area contributed by atoms with Crippen molar-refractivity contribution in [3.05, 3.63) is 26.7 Å². The molecule has 0 bridgehead atoms. The van der Waals surface area contributed by atoms with Gasteiger partial charge in [-0.25, -0.2) is 9.97 Å². The van der Waals surface area contributed by atoms with Crippen molar-refractivity contribution in [3.63, 3.8) is 0 Å². The number of rotatable bonds is 2. The number of halogens is 1. The minimum Gasteiger partial charge on any atom is -0.364 e. The highest BCUT2D eigenvalue weighted by Crippen LogP contribution is 2.19. The highest BCUT2D eigenvalue weighted by atomic mass is 79.9. The summed E-state index contributed by atoms with van der Waals surface area (Å²) >= 11 is 3.27. The van der Waals surface area contributed by atoms with Crippen LogP contribution in [0.25, 0.3) is 11.2 Å². The zero-order valence-corrected chi connectivity index (χ0v) is 14.8. The van der Waals surface area contributed by atoms with Crippen molar-refractivity contribution in [1.29, 1.82) is 0 Å². The van der Waals surface area contributed by atoms with Gasteiger partial charge in [-0.1, -0.05) is 20.8 Å². The molecule has 2 aromatic heterocycles. The molecule has 1 aliphatic heterocycles. The van der Waals surface area contributed by atoms with Crippen molar-refractivity contribution in [2.45, 2.75) is 27.2 Å². The molecular formula is C15H22BrN5O. The second-order valence-electron chi connectivity index (χ2n) is 4.76. The van der Waals surface area contributed by atoms with Crippen LogP contribution in [0.2, 0.25) is 0 Å². The molecule has 120 valence electrons. The standard InChI is InChI=1S/C13H16BrN5O.C2H6/c1-2-8-11(19-5-3-15-4-6-19)12(20)10-13(17-8)16-7-9(14)18-10;1-2/h7,15H,2-6H2,1H3,(H,16,17,20);1-2H3. The summed E-state index contributed by atoms with van der Waals surface area (Å²) in [5.74, 6) is 0. The number of piperazine rings is 1. The van der Waals surface area contributed by atoms with Gasteiger partial charge in [0.25, 0.3) is 0 Å². The third-order valence-corrected chi connectivity index (χ3v) is 3.90. The van der Waals surface area contributed by atoms with E-state index in [4.69, 9.17) is 0 Å². The Kier molecular flexibility index (Phi) is 5.90. The van der Waals surface area contributed by atoms with Gasteiger partial charge in [0, 0.05) is 31.9 Å². The summed E-state index contributed by atoms with van der Waals surface area (Å²) in [5, 5.41) is 3.30. The Hall–Kier alpha value is -1.47. The number of aryl methyl sites for hydroxylation is 1. The topological polar surface area (TPSA) is 73.9 Å². The second-order valence-corrected chi connectivity index (χ2v) is 5.57. The Morgan fingerprint density at radius 3 is 2.64 bits per heavy atom. The van der Waals surface area contributed by atoms with Crippen LogP contribution in [0.15, 0.2) is 15.6 Å². The van der Waals surface area contributed by atoms with Gasteiger partial charge >= 0.3 is 0 Å². The maximum Gasteiger partial charge on any atom is 0.233 e. The minimum absolute atomic E-state index is 0.0358. The van der Waals surface area contributed by atoms with Crippen LogP contribution in [0.3, 0.4) is 0 Å². The number of hydrogen-bond donors (Lipinski definition) is 2. The van der Waals surface area contributed by atoms with E-state index in [1.165, 1.54) is 0 Å². The second kappa shape index (κ2) is 7.69. The van der Waals surface area contributed by atoms with Crippen LogP contribution in [-0.2, 0) is 6.42 Å². The molecule has 0 atom stereocenters. The van der Waals surface area contributed by atoms with E-state index in [0.717, 1.165) is 44.0 Å². The number of aromatic amines is 1. The van der Waals surface area contributed by atoms with Crippen LogP contribution >= 0.6 is 15.9 Å². The molecule has 3 rings (SSSR count). The van der Waals surface area contributed by atoms with Gasteiger partial charge < -0.3 is 15.2 Å². The molecule has 0 aliphatic carbocycles. The molecule has 2 N–H and O–H groups in total. The van der Waals surface area contributed by atoms with Crippen molar-refractivity contribution in [1.82, 2.24) is 20.3 Å². The summed E-state index contributed by atoms with van der Waals surface area (Å²) in [7, 11) is 0. The minimum atomic E-state index is -0.0358. The van der Waals surface area contributed by atoms with Gasteiger partial charge in [0.2, 0.25) is 5.43 Å². The number of aromatic nitrogens is 3. The molecule has 6 nitrogen and oxygen atoms in total. The van der Waals surface area contributed by atoms with Gasteiger partial charge in [-0.15, -0.1) is 0 Å². The highest BCUT2D eigenvalue weighted by Gasteiger charge is 2.20. The van der Waals surface area contributed by atoms with E-state index in [1.807, 2.05) is 20.8 Å². The molecule has 0 radical (unpaired) electrons. The van der Waals surface area contributed by atoms with Gasteiger partial charge in [-0.05, 0) is 22.4 Å². The van der Waals surface area contributed by atoms with Gasteiger partial charge in [-0.3, -0.25) is 4.79 Å². The average Bonchev–Trinajstić information content (AvgIpc) is 2.58. The van der Waals surface area contributed by atoms with Crippen LogP contribution in [0.1, 0.15) is 26.5 Å². The third kappa shape index (κ3) is 3.30. The molecular weight excluding hydrogens is 346 g/mol. The van der Waals surface area contributed by atoms with Gasteiger partial charge in [0.05, 0.1) is 6.20 Å². The number of nitrogens with zero attached hydrogens (tertiary/aromatic N) is 3. The fourth-order valence-electron chi connectivity index (χ4n) is 2.55. The first-order chi connectivity index (χ1) is 10.7. The Labute approximate surface area is 138 Å². The lowest BCUT2D eigenvalue weighted by Crippen LogP contribution is -2.45. The summed E-state index contributed by atoms with van der Waals surface area (Å²) in [5.41, 5.74) is 2.58. The number of pyridine rings is 1. The fraction of sp³-hybridized carbons (Fsp3) is 0.533. The fourth-order valence-corrected chi connectivity index (χ4v) is 2.83. The number of H-pyrrole nitrogens is 1. The van der Waals surface area contributed by atoms with Crippen molar-refractivity contribution < 1.29 is 0 Å². The molecule has 2 aromatic rings. The normalized spacial score (nSPS) is 14.6. The summed E-state index contributed by atoms with van der Waals surface area (Å²) in [6.07, 6.45) is 2.37. The van der Waals surface area contributed by atoms with E-state index in [-0.39, 0.29) is 5.43 Å². The lowest BCUT2D eigenvalue weighted by Gasteiger charge is -2.30. The Morgan fingerprint density at radius 2 is 2.00 bits per heavy atom. The maximum absolute atomic E-state index is 12.8. The molecule has 3 heterocycles. The van der Waals surface area contributed by atoms with Crippen molar-refractivity contribution in [3.8, 4) is 0 Å². The molecule has 1 aliphatic rings. The highest BCUT2D eigenvalue weighted by molar-refractivity contribution is 9.10. The van der Waals surface area contributed by atoms with Gasteiger partial charge in [-0.2, -0.15) is 0 Å². The predicted molar refractivity (Wildman–Crippen MR) is 93.7 cm³/mol. The van der Waals surface area contributed by atoms with Crippen LogP contribution in [-0.4, -0.2) is 41.1 Å². The van der Waals surface area contributed by atoms with Crippen LogP contribution in [0, 0.1) is 0 Å². The first-order valence-electron chi connectivity index (χ1n) is 7.73. The molecule has 0 amide bonds. The van der Waals surface area contributed by atoms with Crippen molar-refractivity contribution in [2.24, 2.45) is 0 Å². The molecule has 0 saturated carbocycles. The van der Waals surface area contributed by atoms with Crippen molar-refractivity contribution in [2.75, 3.05) is 31.1 Å². The molecule has 7 heteroatoms. The molecule has 0 unspecified atom stereocenters. The zero-order valence-electron chi connectivity index (χ0n) is 13.2. The summed E-state index contributed by atoms with van der Waals surface area (Å²) in [6.45, 7) is 9.50. The Morgan fingerprint density at radius 1 is 1.32 bits per heavy atom. The average molecular weight is 368 g/mol. The van der Waals surface area contributed by atoms with E-state index in [1.54, 1.807) is 6.20 Å². The molecule has 1 saturated heterocycles. The predicted octanol–water partition coefficient (Wildman–Crippen LogP) is 2.08. The van der Waals surface area contributed by atoms with E-state index in [2.05, 4.69) is 41.1 Å². The first kappa shape index (κ1) is 16.9. The summed E-state index contributed by atoms with van der Waals surface area (Å²) in [4.78, 5) is 26.7. The summed E-state index contributed by atoms with van der Waals surface area (Å²) < 4.78 is 0.575. The Balaban J connectivity index is 0.000000847. The van der Waals surface area contributed by atoms with E-state index < -0.39 is 0 Å². The number of nitrogens with one attached hydrogen (secondary N) is 2. The lowest BCUT2D eigenvalue weighted by molar-refractivity contribution is 0.586. The smallest absolute Gasteiger partial charge is 0.233 e. The first-order valence-corrected chi connectivity index (χ1v) is 8.53. The quantitative estimate of drug-likeness (QED) is 0.849. The van der Waals surface area contributed by atoms with Gasteiger partial charge in [0.1, 0.15) is 10.3 Å². The SMILES string of the molecule is CC.CCc1[nH]c2ncc(Br)nc2c(=O)c1N1CCNCC1. The van der Waals surface area contributed by atoms with Crippen molar-refractivity contribution >= 4 is 32.8 Å². The monoisotopic (exact) mass is 367 g/mol. The largest absolute Gasteiger partial charge is 0.364 e. The van der Waals surface area contributed by atoms with E-state index >= 15 is 0 Å². The van der Waals surface area contributed by atoms with Crippen LogP contribution in [0.4, 0.5) is 5.69 Å². The molecule has 0 aromatic carbocycles. The number of hydrogen-bond acceptors (Lipinski definition) is 5. The van der Waals surface area contributed by atoms with Crippen LogP contribution in [0.5, 0.6) is 0 Å². The Bertz CT molecular complexity index is 694. The van der Waals surface area contributed by atoms with E-state index in [0.29, 0.717) is 15.8 Å². The molecule has 22 heavy (non-hydrogen) atoms.